The van der Waals surface area contributed by atoms with Gasteiger partial charge in [-0.3, -0.25) is 0 Å². The summed E-state index contributed by atoms with van der Waals surface area (Å²) >= 11 is 0. The Morgan fingerprint density at radius 1 is 1.10 bits per heavy atom. The lowest BCUT2D eigenvalue weighted by atomic mass is 9.97. The van der Waals surface area contributed by atoms with Crippen molar-refractivity contribution in [3.05, 3.63) is 35.5 Å². The Bertz CT molecular complexity index is 989. The van der Waals surface area contributed by atoms with Crippen molar-refractivity contribution in [3.8, 4) is 0 Å². The molecule has 3 unspecified atom stereocenters. The molecule has 1 amide bonds. The summed E-state index contributed by atoms with van der Waals surface area (Å²) in [6.45, 7) is 11.6. The summed E-state index contributed by atoms with van der Waals surface area (Å²) in [7, 11) is 1.44. The molecule has 0 spiro atoms. The largest absolute Gasteiger partial charge is 0.465 e. The van der Waals surface area contributed by atoms with Crippen LogP contribution in [0.4, 0.5) is 4.79 Å². The molecule has 6 heteroatoms. The van der Waals surface area contributed by atoms with Crippen molar-refractivity contribution < 1.29 is 19.1 Å². The minimum Gasteiger partial charge on any atom is -0.465 e. The van der Waals surface area contributed by atoms with Crippen molar-refractivity contribution in [1.29, 1.82) is 0 Å². The molecule has 3 atom stereocenters. The number of carbonyl (C=O) groups is 2. The summed E-state index contributed by atoms with van der Waals surface area (Å²) in [6.07, 6.45) is 1.98. The summed E-state index contributed by atoms with van der Waals surface area (Å²) in [5.41, 5.74) is 2.25. The fraction of sp³-hybridized carbons (Fsp3) is 0.600. The molecule has 2 fully saturated rings. The lowest BCUT2D eigenvalue weighted by Crippen LogP contribution is -2.36. The maximum atomic E-state index is 12.5. The first-order valence-electron chi connectivity index (χ1n) is 11.3. The van der Waals surface area contributed by atoms with Crippen molar-refractivity contribution in [2.45, 2.75) is 59.1 Å². The molecule has 0 bridgehead atoms. The van der Waals surface area contributed by atoms with Gasteiger partial charge in [0.15, 0.2) is 0 Å². The van der Waals surface area contributed by atoms with E-state index in [4.69, 9.17) is 9.47 Å². The van der Waals surface area contributed by atoms with Crippen molar-refractivity contribution in [2.24, 2.45) is 17.8 Å². The minimum atomic E-state index is -0.462. The van der Waals surface area contributed by atoms with Gasteiger partial charge in [-0.15, -0.1) is 0 Å². The van der Waals surface area contributed by atoms with Gasteiger partial charge in [0.1, 0.15) is 5.60 Å². The standard InChI is InChI=1S/C25H34N2O4/c1-15(27-16(2)22(23(28)30-6)20-9-7-8-10-21(20)27)17-11-18-13-26(14-19(18)12-17)24(29)31-25(3,4)5/h7-10,15,17-19H,11-14H2,1-6H3. The van der Waals surface area contributed by atoms with Gasteiger partial charge in [0.05, 0.1) is 12.7 Å². The van der Waals surface area contributed by atoms with E-state index in [2.05, 4.69) is 17.6 Å². The second-order valence-electron chi connectivity index (χ2n) is 10.2. The number of hydrogen-bond donors (Lipinski definition) is 0. The number of esters is 1. The Labute approximate surface area is 184 Å². The van der Waals surface area contributed by atoms with E-state index in [0.717, 1.165) is 42.5 Å². The summed E-state index contributed by atoms with van der Waals surface area (Å²) < 4.78 is 13.0. The second-order valence-corrected chi connectivity index (χ2v) is 10.2. The number of fused-ring (bicyclic) bond motifs is 2. The van der Waals surface area contributed by atoms with E-state index >= 15 is 0 Å². The zero-order chi connectivity index (χ0) is 22.5. The number of nitrogens with zero attached hydrogens (tertiary/aromatic N) is 2. The SMILES string of the molecule is COC(=O)c1c(C)n(C(C)C2CC3CN(C(=O)OC(C)(C)C)CC3C2)c2ccccc12. The van der Waals surface area contributed by atoms with Gasteiger partial charge < -0.3 is 18.9 Å². The van der Waals surface area contributed by atoms with Gasteiger partial charge in [-0.2, -0.15) is 0 Å². The van der Waals surface area contributed by atoms with Gasteiger partial charge in [-0.1, -0.05) is 18.2 Å². The zero-order valence-corrected chi connectivity index (χ0v) is 19.5. The Morgan fingerprint density at radius 2 is 1.71 bits per heavy atom. The maximum absolute atomic E-state index is 12.5. The lowest BCUT2D eigenvalue weighted by Gasteiger charge is -2.27. The van der Waals surface area contributed by atoms with Crippen LogP contribution in [0.1, 0.15) is 62.6 Å². The number of rotatable bonds is 3. The van der Waals surface area contributed by atoms with E-state index in [-0.39, 0.29) is 18.1 Å². The monoisotopic (exact) mass is 426 g/mol. The predicted molar refractivity (Wildman–Crippen MR) is 120 cm³/mol. The van der Waals surface area contributed by atoms with Crippen LogP contribution < -0.4 is 0 Å². The molecular formula is C25H34N2O4. The van der Waals surface area contributed by atoms with Crippen LogP contribution in [-0.4, -0.2) is 47.3 Å². The van der Waals surface area contributed by atoms with Gasteiger partial charge in [0, 0.05) is 35.7 Å². The third kappa shape index (κ3) is 3.92. The van der Waals surface area contributed by atoms with Gasteiger partial charge >= 0.3 is 12.1 Å². The maximum Gasteiger partial charge on any atom is 0.410 e. The Balaban J connectivity index is 1.53. The van der Waals surface area contributed by atoms with Crippen LogP contribution in [0.2, 0.25) is 0 Å². The van der Waals surface area contributed by atoms with E-state index in [1.807, 2.05) is 50.8 Å². The summed E-state index contributed by atoms with van der Waals surface area (Å²) in [5.74, 6) is 1.26. The molecule has 1 aliphatic carbocycles. The number of amides is 1. The molecule has 1 aromatic carbocycles. The highest BCUT2D eigenvalue weighted by Gasteiger charge is 2.45. The average molecular weight is 427 g/mol. The third-order valence-corrected chi connectivity index (χ3v) is 7.07. The van der Waals surface area contributed by atoms with Crippen LogP contribution in [0.3, 0.4) is 0 Å². The van der Waals surface area contributed by atoms with Crippen LogP contribution >= 0.6 is 0 Å². The number of benzene rings is 1. The second kappa shape index (κ2) is 7.88. The first kappa shape index (κ1) is 21.7. The molecule has 31 heavy (non-hydrogen) atoms. The summed E-state index contributed by atoms with van der Waals surface area (Å²) in [6, 6.07) is 8.34. The molecule has 0 N–H and O–H groups in total. The Hall–Kier alpha value is -2.50. The Morgan fingerprint density at radius 3 is 2.29 bits per heavy atom. The first-order chi connectivity index (χ1) is 14.6. The molecule has 4 rings (SSSR count). The van der Waals surface area contributed by atoms with Gasteiger partial charge in [0.25, 0.3) is 0 Å². The van der Waals surface area contributed by atoms with Crippen LogP contribution in [0.5, 0.6) is 0 Å². The molecular weight excluding hydrogens is 392 g/mol. The zero-order valence-electron chi connectivity index (χ0n) is 19.5. The normalized spacial score (nSPS) is 24.3. The number of ether oxygens (including phenoxy) is 2. The highest BCUT2D eigenvalue weighted by molar-refractivity contribution is 6.05. The van der Waals surface area contributed by atoms with Crippen LogP contribution in [0.25, 0.3) is 10.9 Å². The van der Waals surface area contributed by atoms with E-state index in [0.29, 0.717) is 23.3 Å². The molecule has 6 nitrogen and oxygen atoms in total. The van der Waals surface area contributed by atoms with Gasteiger partial charge in [-0.25, -0.2) is 9.59 Å². The van der Waals surface area contributed by atoms with E-state index in [1.54, 1.807) is 0 Å². The summed E-state index contributed by atoms with van der Waals surface area (Å²) in [5, 5.41) is 0.952. The Kier molecular flexibility index (Phi) is 5.52. The van der Waals surface area contributed by atoms with Crippen molar-refractivity contribution in [3.63, 3.8) is 0 Å². The first-order valence-corrected chi connectivity index (χ1v) is 11.3. The van der Waals surface area contributed by atoms with E-state index < -0.39 is 5.60 Å². The average Bonchev–Trinajstić information content (AvgIpc) is 3.34. The number of methoxy groups -OCH3 is 1. The molecule has 1 saturated heterocycles. The highest BCUT2D eigenvalue weighted by Crippen LogP contribution is 2.47. The molecule has 2 heterocycles. The minimum absolute atomic E-state index is 0.193. The molecule has 2 aromatic rings. The van der Waals surface area contributed by atoms with Crippen LogP contribution in [0.15, 0.2) is 24.3 Å². The van der Waals surface area contributed by atoms with Gasteiger partial charge in [0.2, 0.25) is 0 Å². The number of likely N-dealkylation sites (tertiary alicyclic amines) is 1. The van der Waals surface area contributed by atoms with Crippen molar-refractivity contribution in [1.82, 2.24) is 9.47 Å². The molecule has 1 saturated carbocycles. The van der Waals surface area contributed by atoms with Gasteiger partial charge in [-0.05, 0) is 71.3 Å². The molecule has 168 valence electrons. The topological polar surface area (TPSA) is 60.8 Å². The molecule has 2 aliphatic rings. The predicted octanol–water partition coefficient (Wildman–Crippen LogP) is 5.19. The fourth-order valence-corrected chi connectivity index (χ4v) is 5.70. The molecule has 0 radical (unpaired) electrons. The summed E-state index contributed by atoms with van der Waals surface area (Å²) in [4.78, 5) is 26.8. The third-order valence-electron chi connectivity index (χ3n) is 7.07. The number of carbonyl (C=O) groups excluding carboxylic acids is 2. The molecule has 1 aliphatic heterocycles. The molecule has 1 aromatic heterocycles. The fourth-order valence-electron chi connectivity index (χ4n) is 5.70. The number of aromatic nitrogens is 1. The number of hydrogen-bond acceptors (Lipinski definition) is 4. The van der Waals surface area contributed by atoms with E-state index in [1.165, 1.54) is 7.11 Å². The smallest absolute Gasteiger partial charge is 0.410 e. The van der Waals surface area contributed by atoms with Crippen LogP contribution in [0, 0.1) is 24.7 Å². The van der Waals surface area contributed by atoms with Crippen molar-refractivity contribution in [2.75, 3.05) is 20.2 Å². The quantitative estimate of drug-likeness (QED) is 0.634. The van der Waals surface area contributed by atoms with Crippen molar-refractivity contribution >= 4 is 23.0 Å². The lowest BCUT2D eigenvalue weighted by molar-refractivity contribution is 0.0276. The number of para-hydroxylation sites is 1. The van der Waals surface area contributed by atoms with Crippen LogP contribution in [-0.2, 0) is 9.47 Å². The van der Waals surface area contributed by atoms with E-state index in [9.17, 15) is 9.59 Å². The highest BCUT2D eigenvalue weighted by atomic mass is 16.6.